The summed E-state index contributed by atoms with van der Waals surface area (Å²) in [6.07, 6.45) is 2.38. The predicted molar refractivity (Wildman–Crippen MR) is 159 cm³/mol. The van der Waals surface area contributed by atoms with Crippen LogP contribution in [0.5, 0.6) is 0 Å². The van der Waals surface area contributed by atoms with Gasteiger partial charge in [-0.05, 0) is 57.2 Å². The van der Waals surface area contributed by atoms with Crippen LogP contribution in [-0.4, -0.2) is 94.1 Å². The van der Waals surface area contributed by atoms with Crippen LogP contribution in [-0.2, 0) is 35.2 Å². The number of nitrogens with two attached hydrogens (primary N) is 3. The van der Waals surface area contributed by atoms with Crippen molar-refractivity contribution < 1.29 is 39.0 Å². The first kappa shape index (κ1) is 35.7. The van der Waals surface area contributed by atoms with Crippen LogP contribution in [0.15, 0.2) is 30.5 Å². The number of aliphatic hydroxyl groups excluding tert-OH is 1. The molecule has 2 aromatic rings. The maximum absolute atomic E-state index is 13.0. The van der Waals surface area contributed by atoms with Crippen LogP contribution in [0.3, 0.4) is 0 Å². The Bertz CT molecular complexity index is 1320. The van der Waals surface area contributed by atoms with Crippen LogP contribution in [0.25, 0.3) is 10.9 Å². The number of unbranched alkanes of at least 4 members (excludes halogenated alkanes) is 1. The van der Waals surface area contributed by atoms with Crippen molar-refractivity contribution in [2.75, 3.05) is 13.2 Å². The number of carbonyl (C=O) groups is 6. The molecule has 1 heterocycles. The molecule has 0 bridgehead atoms. The maximum Gasteiger partial charge on any atom is 0.326 e. The number of para-hydroxylation sites is 1. The molecule has 0 aliphatic carbocycles. The summed E-state index contributed by atoms with van der Waals surface area (Å²) in [6, 6.07) is 1.21. The van der Waals surface area contributed by atoms with Crippen molar-refractivity contribution >= 4 is 46.4 Å². The van der Waals surface area contributed by atoms with E-state index in [1.807, 2.05) is 24.3 Å². The van der Waals surface area contributed by atoms with Gasteiger partial charge in [0.05, 0.1) is 12.6 Å². The number of aliphatic hydroxyl groups is 1. The van der Waals surface area contributed by atoms with Crippen molar-refractivity contribution in [3.8, 4) is 0 Å². The Balaban J connectivity index is 1.99. The standard InChI is InChI=1S/C28H42N8O8/c1-15(33-25(40)18(30)12-16-13-32-19-7-3-2-6-17(16)19)24(39)36-22(14-37)27(42)34-20(8-4-5-11-29)26(41)35-21(28(43)44)9-10-23(31)38/h2-3,6-7,13,15,18,20-22,32,37H,4-5,8-12,14,29-30H2,1H3,(H2,31,38)(H,33,40)(H,34,42)(H,35,41)(H,36,39)(H,43,44). The highest BCUT2D eigenvalue weighted by molar-refractivity contribution is 5.95. The first-order valence-electron chi connectivity index (χ1n) is 14.2. The van der Waals surface area contributed by atoms with E-state index in [1.165, 1.54) is 6.92 Å². The van der Waals surface area contributed by atoms with Gasteiger partial charge in [-0.2, -0.15) is 0 Å². The minimum absolute atomic E-state index is 0.0732. The number of aromatic amines is 1. The van der Waals surface area contributed by atoms with E-state index in [4.69, 9.17) is 17.2 Å². The van der Waals surface area contributed by atoms with E-state index >= 15 is 0 Å². The molecule has 2 rings (SSSR count). The van der Waals surface area contributed by atoms with E-state index in [0.717, 1.165) is 16.5 Å². The van der Waals surface area contributed by atoms with Crippen molar-refractivity contribution in [3.63, 3.8) is 0 Å². The van der Waals surface area contributed by atoms with Gasteiger partial charge in [-0.1, -0.05) is 18.2 Å². The first-order valence-corrected chi connectivity index (χ1v) is 14.2. The highest BCUT2D eigenvalue weighted by atomic mass is 16.4. The van der Waals surface area contributed by atoms with Crippen molar-refractivity contribution in [2.45, 2.75) is 75.7 Å². The Morgan fingerprint density at radius 2 is 1.50 bits per heavy atom. The summed E-state index contributed by atoms with van der Waals surface area (Å²) in [5.41, 5.74) is 18.4. The molecule has 0 spiro atoms. The van der Waals surface area contributed by atoms with E-state index in [-0.39, 0.29) is 25.7 Å². The number of carbonyl (C=O) groups excluding carboxylic acids is 5. The number of carboxylic acid groups (broad SMARTS) is 1. The van der Waals surface area contributed by atoms with E-state index in [1.54, 1.807) is 6.20 Å². The zero-order chi connectivity index (χ0) is 32.8. The molecule has 16 nitrogen and oxygen atoms in total. The summed E-state index contributed by atoms with van der Waals surface area (Å²) < 4.78 is 0. The number of carboxylic acids is 1. The topological polar surface area (TPSA) is 285 Å². The molecule has 1 aromatic carbocycles. The molecule has 0 aliphatic rings. The Kier molecular flexibility index (Phi) is 14.2. The lowest BCUT2D eigenvalue weighted by Gasteiger charge is -2.25. The molecular weight excluding hydrogens is 576 g/mol. The number of amides is 5. The Morgan fingerprint density at radius 3 is 2.14 bits per heavy atom. The molecule has 44 heavy (non-hydrogen) atoms. The molecule has 0 aliphatic heterocycles. The number of aromatic nitrogens is 1. The molecule has 16 heteroatoms. The van der Waals surface area contributed by atoms with Gasteiger partial charge < -0.3 is 53.7 Å². The summed E-state index contributed by atoms with van der Waals surface area (Å²) in [7, 11) is 0. The second-order valence-corrected chi connectivity index (χ2v) is 10.4. The van der Waals surface area contributed by atoms with Gasteiger partial charge in [-0.25, -0.2) is 4.79 Å². The number of benzene rings is 1. The van der Waals surface area contributed by atoms with Crippen molar-refractivity contribution in [3.05, 3.63) is 36.0 Å². The lowest BCUT2D eigenvalue weighted by molar-refractivity contribution is -0.142. The van der Waals surface area contributed by atoms with Crippen LogP contribution in [0.1, 0.15) is 44.6 Å². The van der Waals surface area contributed by atoms with E-state index in [9.17, 15) is 39.0 Å². The average Bonchev–Trinajstić information content (AvgIpc) is 3.39. The molecule has 13 N–H and O–H groups in total. The fourth-order valence-electron chi connectivity index (χ4n) is 4.36. The fourth-order valence-corrected chi connectivity index (χ4v) is 4.36. The van der Waals surface area contributed by atoms with Crippen molar-refractivity contribution in [2.24, 2.45) is 17.2 Å². The molecule has 5 amide bonds. The third-order valence-electron chi connectivity index (χ3n) is 6.89. The minimum Gasteiger partial charge on any atom is -0.480 e. The minimum atomic E-state index is -1.50. The van der Waals surface area contributed by atoms with Gasteiger partial charge in [0.25, 0.3) is 0 Å². The normalized spacial score (nSPS) is 14.5. The Morgan fingerprint density at radius 1 is 0.864 bits per heavy atom. The van der Waals surface area contributed by atoms with E-state index in [2.05, 4.69) is 26.3 Å². The molecule has 0 saturated heterocycles. The number of nitrogens with one attached hydrogen (secondary N) is 5. The van der Waals surface area contributed by atoms with Crippen LogP contribution >= 0.6 is 0 Å². The van der Waals surface area contributed by atoms with Gasteiger partial charge in [-0.3, -0.25) is 24.0 Å². The number of primary amides is 1. The summed E-state index contributed by atoms with van der Waals surface area (Å²) >= 11 is 0. The third kappa shape index (κ3) is 10.9. The van der Waals surface area contributed by atoms with E-state index in [0.29, 0.717) is 19.4 Å². The predicted octanol–water partition coefficient (Wildman–Crippen LogP) is -2.53. The molecule has 0 saturated carbocycles. The number of aliphatic carboxylic acids is 1. The van der Waals surface area contributed by atoms with Crippen molar-refractivity contribution in [1.29, 1.82) is 0 Å². The zero-order valence-corrected chi connectivity index (χ0v) is 24.5. The maximum atomic E-state index is 13.0. The molecule has 5 unspecified atom stereocenters. The van der Waals surface area contributed by atoms with E-state index < -0.39 is 72.3 Å². The lowest BCUT2D eigenvalue weighted by atomic mass is 10.0. The summed E-state index contributed by atoms with van der Waals surface area (Å²) in [5, 5.41) is 29.6. The van der Waals surface area contributed by atoms with Gasteiger partial charge in [0.15, 0.2) is 0 Å². The summed E-state index contributed by atoms with van der Waals surface area (Å²) in [4.78, 5) is 77.1. The van der Waals surface area contributed by atoms with Crippen LogP contribution < -0.4 is 38.5 Å². The number of H-pyrrole nitrogens is 1. The molecule has 0 fully saturated rings. The summed E-state index contributed by atoms with van der Waals surface area (Å²) in [6.45, 7) is 0.841. The van der Waals surface area contributed by atoms with Gasteiger partial charge in [-0.15, -0.1) is 0 Å². The molecular formula is C28H42N8O8. The second kappa shape index (κ2) is 17.5. The number of hydrogen-bond donors (Lipinski definition) is 10. The molecule has 242 valence electrons. The van der Waals surface area contributed by atoms with Gasteiger partial charge in [0.1, 0.15) is 24.2 Å². The zero-order valence-electron chi connectivity index (χ0n) is 24.5. The van der Waals surface area contributed by atoms with Gasteiger partial charge in [0, 0.05) is 23.5 Å². The SMILES string of the molecule is CC(NC(=O)C(N)Cc1c[nH]c2ccccc12)C(=O)NC(CO)C(=O)NC(CCCCN)C(=O)NC(CCC(N)=O)C(=O)O. The summed E-state index contributed by atoms with van der Waals surface area (Å²) in [5.74, 6) is -5.32. The number of fused-ring (bicyclic) bond motifs is 1. The van der Waals surface area contributed by atoms with Gasteiger partial charge in [0.2, 0.25) is 29.5 Å². The van der Waals surface area contributed by atoms with Crippen LogP contribution in [0.2, 0.25) is 0 Å². The monoisotopic (exact) mass is 618 g/mol. The van der Waals surface area contributed by atoms with Crippen LogP contribution in [0, 0.1) is 0 Å². The largest absolute Gasteiger partial charge is 0.480 e. The number of rotatable bonds is 19. The lowest BCUT2D eigenvalue weighted by Crippen LogP contribution is -2.59. The highest BCUT2D eigenvalue weighted by Crippen LogP contribution is 2.18. The van der Waals surface area contributed by atoms with Crippen molar-refractivity contribution in [1.82, 2.24) is 26.3 Å². The molecule has 1 aromatic heterocycles. The average molecular weight is 619 g/mol. The quantitative estimate of drug-likeness (QED) is 0.0736. The fraction of sp³-hybridized carbons (Fsp3) is 0.500. The third-order valence-corrected chi connectivity index (χ3v) is 6.89. The Hall–Kier alpha value is -4.54. The molecule has 5 atom stereocenters. The van der Waals surface area contributed by atoms with Gasteiger partial charge >= 0.3 is 5.97 Å². The molecule has 0 radical (unpaired) electrons. The number of hydrogen-bond acceptors (Lipinski definition) is 9. The second-order valence-electron chi connectivity index (χ2n) is 10.4. The highest BCUT2D eigenvalue weighted by Gasteiger charge is 2.30. The Labute approximate surface area is 253 Å². The smallest absolute Gasteiger partial charge is 0.326 e. The van der Waals surface area contributed by atoms with Crippen LogP contribution in [0.4, 0.5) is 0 Å². The first-order chi connectivity index (χ1) is 20.9.